The second kappa shape index (κ2) is 10.8. The molecule has 0 saturated heterocycles. The van der Waals surface area contributed by atoms with Crippen LogP contribution in [-0.4, -0.2) is 8.41 Å². The largest absolute Gasteiger partial charge is 0.0914 e. The minimum Gasteiger partial charge on any atom is -0.0914 e. The Balaban J connectivity index is -0.000000125. The summed E-state index contributed by atoms with van der Waals surface area (Å²) in [7, 11) is 0. The van der Waals surface area contributed by atoms with Crippen LogP contribution in [0.4, 0.5) is 0 Å². The third-order valence-electron chi connectivity index (χ3n) is 0.577. The van der Waals surface area contributed by atoms with Crippen molar-refractivity contribution in [2.75, 3.05) is 0 Å². The Morgan fingerprint density at radius 2 is 1.62 bits per heavy atom. The van der Waals surface area contributed by atoms with Crippen molar-refractivity contribution in [1.29, 1.82) is 0 Å². The normalized spacial score (nSPS) is 8.50. The molecule has 0 spiro atoms. The van der Waals surface area contributed by atoms with Gasteiger partial charge in [-0.15, -0.1) is 0 Å². The molecule has 0 aliphatic rings. The van der Waals surface area contributed by atoms with Gasteiger partial charge in [-0.05, 0) is 12.8 Å². The van der Waals surface area contributed by atoms with E-state index in [-0.39, 0.29) is 41.1 Å². The predicted octanol–water partition coefficient (Wildman–Crippen LogP) is 1.84. The van der Waals surface area contributed by atoms with Gasteiger partial charge in [-0.2, -0.15) is 0 Å². The zero-order valence-electron chi connectivity index (χ0n) is 5.89. The van der Waals surface area contributed by atoms with Gasteiger partial charge < -0.3 is 0 Å². The van der Waals surface area contributed by atoms with Gasteiger partial charge in [-0.25, -0.2) is 0 Å². The standard InChI is InChI=1S/C6H12.B.Y/c1-4-5-6(2)3;;/h4-6H,1-3H3;;. The predicted molar refractivity (Wildman–Crippen MR) is 35.4 cm³/mol. The molecule has 2 heteroatoms. The van der Waals surface area contributed by atoms with Crippen molar-refractivity contribution >= 4 is 8.41 Å². The van der Waals surface area contributed by atoms with Gasteiger partial charge in [0, 0.05) is 41.1 Å². The molecule has 0 aromatic rings. The van der Waals surface area contributed by atoms with Crippen molar-refractivity contribution in [3.05, 3.63) is 12.2 Å². The van der Waals surface area contributed by atoms with E-state index in [0.717, 1.165) is 5.92 Å². The summed E-state index contributed by atoms with van der Waals surface area (Å²) in [6, 6.07) is 0. The monoisotopic (exact) mass is 184 g/mol. The number of hydrogen-bond acceptors (Lipinski definition) is 0. The van der Waals surface area contributed by atoms with Gasteiger partial charge in [0.1, 0.15) is 0 Å². The molecule has 0 N–H and O–H groups in total. The topological polar surface area (TPSA) is 0 Å². The van der Waals surface area contributed by atoms with Gasteiger partial charge in [0.05, 0.1) is 0 Å². The molecule has 8 heavy (non-hydrogen) atoms. The average molecular weight is 184 g/mol. The van der Waals surface area contributed by atoms with Crippen molar-refractivity contribution in [2.24, 2.45) is 5.92 Å². The Labute approximate surface area is 79.6 Å². The third-order valence-corrected chi connectivity index (χ3v) is 0.577. The van der Waals surface area contributed by atoms with E-state index < -0.39 is 0 Å². The van der Waals surface area contributed by atoms with Crippen LogP contribution in [0.1, 0.15) is 20.8 Å². The van der Waals surface area contributed by atoms with Crippen LogP contribution in [0, 0.1) is 5.92 Å². The molecule has 0 saturated carbocycles. The zero-order valence-corrected chi connectivity index (χ0v) is 8.73. The fourth-order valence-corrected chi connectivity index (χ4v) is 0.385. The van der Waals surface area contributed by atoms with Gasteiger partial charge in [-0.1, -0.05) is 26.0 Å². The molecular weight excluding hydrogens is 172 g/mol. The SMILES string of the molecule is CC=CC(C)C.[B].[Y]. The minimum atomic E-state index is 0. The van der Waals surface area contributed by atoms with E-state index in [4.69, 9.17) is 0 Å². The van der Waals surface area contributed by atoms with E-state index >= 15 is 0 Å². The molecule has 0 aromatic carbocycles. The molecule has 0 amide bonds. The molecule has 0 nitrogen and oxygen atoms in total. The number of hydrogen-bond donors (Lipinski definition) is 0. The Hall–Kier alpha value is 0.909. The fourth-order valence-electron chi connectivity index (χ4n) is 0.385. The third kappa shape index (κ3) is 15.8. The first-order valence-electron chi connectivity index (χ1n) is 2.40. The van der Waals surface area contributed by atoms with Crippen molar-refractivity contribution < 1.29 is 32.7 Å². The van der Waals surface area contributed by atoms with Gasteiger partial charge in [-0.3, -0.25) is 0 Å². The first kappa shape index (κ1) is 16.0. The Kier molecular flexibility index (Phi) is 21.6. The molecule has 0 aliphatic heterocycles. The first-order chi connectivity index (χ1) is 2.77. The molecule has 0 aliphatic carbocycles. The number of allylic oxidation sites excluding steroid dienone is 2. The van der Waals surface area contributed by atoms with Gasteiger partial charge in [0.15, 0.2) is 0 Å². The smallest absolute Gasteiger partial charge is 0 e. The fraction of sp³-hybridized carbons (Fsp3) is 0.667. The van der Waals surface area contributed by atoms with E-state index in [1.165, 1.54) is 0 Å². The van der Waals surface area contributed by atoms with Crippen LogP contribution in [0.3, 0.4) is 0 Å². The molecule has 0 aromatic heterocycles. The molecule has 0 unspecified atom stereocenters. The van der Waals surface area contributed by atoms with Crippen LogP contribution in [0.25, 0.3) is 0 Å². The molecule has 0 rings (SSSR count). The summed E-state index contributed by atoms with van der Waals surface area (Å²) < 4.78 is 0. The maximum Gasteiger partial charge on any atom is 0 e. The van der Waals surface area contributed by atoms with Crippen molar-refractivity contribution in [2.45, 2.75) is 20.8 Å². The van der Waals surface area contributed by atoms with E-state index in [0.29, 0.717) is 0 Å². The molecule has 42 valence electrons. The zero-order chi connectivity index (χ0) is 4.99. The van der Waals surface area contributed by atoms with Crippen LogP contribution < -0.4 is 0 Å². The maximum absolute atomic E-state index is 2.17. The summed E-state index contributed by atoms with van der Waals surface area (Å²) in [5.41, 5.74) is 0. The van der Waals surface area contributed by atoms with E-state index in [9.17, 15) is 0 Å². The van der Waals surface area contributed by atoms with Gasteiger partial charge >= 0.3 is 0 Å². The molecule has 4 radical (unpaired) electrons. The second-order valence-corrected chi connectivity index (χ2v) is 1.77. The number of rotatable bonds is 1. The Morgan fingerprint density at radius 3 is 1.62 bits per heavy atom. The molecular formula is C6H12BY. The van der Waals surface area contributed by atoms with Gasteiger partial charge in [0.2, 0.25) is 0 Å². The maximum atomic E-state index is 2.17. The molecule has 0 fully saturated rings. The van der Waals surface area contributed by atoms with E-state index in [1.807, 2.05) is 6.92 Å². The van der Waals surface area contributed by atoms with E-state index in [1.54, 1.807) is 0 Å². The van der Waals surface area contributed by atoms with Crippen LogP contribution in [0.15, 0.2) is 12.2 Å². The Morgan fingerprint density at radius 1 is 1.25 bits per heavy atom. The summed E-state index contributed by atoms with van der Waals surface area (Å²) in [6.07, 6.45) is 4.24. The summed E-state index contributed by atoms with van der Waals surface area (Å²) in [5.74, 6) is 0.718. The van der Waals surface area contributed by atoms with Crippen LogP contribution in [0.5, 0.6) is 0 Å². The van der Waals surface area contributed by atoms with Crippen molar-refractivity contribution in [1.82, 2.24) is 0 Å². The first-order valence-corrected chi connectivity index (χ1v) is 2.40. The van der Waals surface area contributed by atoms with Crippen molar-refractivity contribution in [3.8, 4) is 0 Å². The quantitative estimate of drug-likeness (QED) is 0.430. The van der Waals surface area contributed by atoms with Crippen LogP contribution >= 0.6 is 0 Å². The molecule has 0 atom stereocenters. The summed E-state index contributed by atoms with van der Waals surface area (Å²) >= 11 is 0. The van der Waals surface area contributed by atoms with E-state index in [2.05, 4.69) is 26.0 Å². The second-order valence-electron chi connectivity index (χ2n) is 1.77. The minimum absolute atomic E-state index is 0. The van der Waals surface area contributed by atoms with Gasteiger partial charge in [0.25, 0.3) is 0 Å². The summed E-state index contributed by atoms with van der Waals surface area (Å²) in [4.78, 5) is 0. The summed E-state index contributed by atoms with van der Waals surface area (Å²) in [6.45, 7) is 6.38. The Bertz CT molecular complexity index is 50.5. The summed E-state index contributed by atoms with van der Waals surface area (Å²) in [5, 5.41) is 0. The molecule has 0 bridgehead atoms. The van der Waals surface area contributed by atoms with Crippen LogP contribution in [0.2, 0.25) is 0 Å². The van der Waals surface area contributed by atoms with Crippen molar-refractivity contribution in [3.63, 3.8) is 0 Å². The molecule has 0 heterocycles. The average Bonchev–Trinajstić information content (AvgIpc) is 1.35. The van der Waals surface area contributed by atoms with Crippen LogP contribution in [-0.2, 0) is 32.7 Å².